The molecular weight excluding hydrogens is 192 g/mol. The van der Waals surface area contributed by atoms with Gasteiger partial charge in [-0.2, -0.15) is 0 Å². The van der Waals surface area contributed by atoms with Crippen molar-refractivity contribution in [2.75, 3.05) is 12.4 Å². The summed E-state index contributed by atoms with van der Waals surface area (Å²) in [6.07, 6.45) is 0. The summed E-state index contributed by atoms with van der Waals surface area (Å²) in [5, 5.41) is 0. The summed E-state index contributed by atoms with van der Waals surface area (Å²) in [5.41, 5.74) is -0.572. The summed E-state index contributed by atoms with van der Waals surface area (Å²) in [6, 6.07) is 0. The molecule has 1 atom stereocenters. The van der Waals surface area contributed by atoms with Crippen LogP contribution in [0, 0.1) is 5.41 Å². The molecule has 13 heavy (non-hydrogen) atoms. The van der Waals surface area contributed by atoms with Gasteiger partial charge in [0.05, 0.1) is 21.0 Å². The van der Waals surface area contributed by atoms with Crippen molar-refractivity contribution in [1.29, 1.82) is 0 Å². The topological polar surface area (TPSA) is 63.6 Å². The number of carbonyl (C=O) groups is 1. The molecule has 78 valence electrons. The average Bonchev–Trinajstić information content (AvgIpc) is 1.82. The van der Waals surface area contributed by atoms with Crippen molar-refractivity contribution in [3.05, 3.63) is 0 Å². The maximum Gasteiger partial charge on any atom is 0.311 e. The minimum Gasteiger partial charge on any atom is -0.464 e. The first-order chi connectivity index (χ1) is 5.63. The lowest BCUT2D eigenvalue weighted by Gasteiger charge is -2.16. The summed E-state index contributed by atoms with van der Waals surface area (Å²) in [7, 11) is -3.04. The van der Waals surface area contributed by atoms with Crippen LogP contribution in [0.5, 0.6) is 0 Å². The summed E-state index contributed by atoms with van der Waals surface area (Å²) >= 11 is 0. The monoisotopic (exact) mass is 208 g/mol. The molecule has 0 aliphatic heterocycles. The summed E-state index contributed by atoms with van der Waals surface area (Å²) in [6.45, 7) is 5.09. The highest BCUT2D eigenvalue weighted by Crippen LogP contribution is 2.14. The molecule has 1 N–H and O–H groups in total. The van der Waals surface area contributed by atoms with E-state index in [0.29, 0.717) is 0 Å². The Bertz CT molecular complexity index is 271. The second kappa shape index (κ2) is 4.11. The number of esters is 1. The Morgan fingerprint density at radius 3 is 2.31 bits per heavy atom. The first kappa shape index (κ1) is 12.4. The molecule has 0 spiro atoms. The van der Waals surface area contributed by atoms with Gasteiger partial charge in [0.15, 0.2) is 0 Å². The molecule has 0 aromatic carbocycles. The van der Waals surface area contributed by atoms with Crippen molar-refractivity contribution in [1.82, 2.24) is 0 Å². The van der Waals surface area contributed by atoms with Crippen LogP contribution in [0.2, 0.25) is 0 Å². The van der Waals surface area contributed by atoms with Crippen LogP contribution in [-0.2, 0) is 19.3 Å². The fourth-order valence-electron chi connectivity index (χ4n) is 0.481. The van der Waals surface area contributed by atoms with E-state index in [-0.39, 0.29) is 18.3 Å². The second-order valence-electron chi connectivity index (χ2n) is 3.86. The summed E-state index contributed by atoms with van der Waals surface area (Å²) in [5.74, 6) is 2.53. The molecule has 0 aromatic rings. The van der Waals surface area contributed by atoms with Crippen LogP contribution < -0.4 is 0 Å². The molecule has 0 bridgehead atoms. The highest BCUT2D eigenvalue weighted by atomic mass is 32.2. The number of carbonyl (C=O) groups excluding carboxylic acids is 1. The van der Waals surface area contributed by atoms with Gasteiger partial charge in [0.25, 0.3) is 0 Å². The molecular formula is C8H16O4S. The molecule has 0 radical (unpaired) electrons. The van der Waals surface area contributed by atoms with Crippen LogP contribution in [-0.4, -0.2) is 33.0 Å². The lowest BCUT2D eigenvalue weighted by molar-refractivity contribution is -0.152. The minimum atomic E-state index is -3.04. The normalized spacial score (nSPS) is 16.3. The van der Waals surface area contributed by atoms with Crippen molar-refractivity contribution < 1.29 is 18.3 Å². The lowest BCUT2D eigenvalue weighted by atomic mass is 9.97. The Kier molecular flexibility index (Phi) is 3.93. The Morgan fingerprint density at radius 1 is 1.54 bits per heavy atom. The zero-order valence-electron chi connectivity index (χ0n) is 8.20. The van der Waals surface area contributed by atoms with E-state index in [1.807, 2.05) is 0 Å². The van der Waals surface area contributed by atoms with Crippen molar-refractivity contribution in [2.24, 2.45) is 5.41 Å². The molecule has 0 aliphatic rings. The fourth-order valence-corrected chi connectivity index (χ4v) is 0.825. The Hall–Kier alpha value is -0.550. The quantitative estimate of drug-likeness (QED) is 0.549. The van der Waals surface area contributed by atoms with E-state index in [0.717, 1.165) is 0 Å². The standard InChI is InChI=1S/C8H16O4S/c1-8(2,3)7(9)12-5-6-13(4,10)11/h4-6H2,1-3H3,(H,10,11). The van der Waals surface area contributed by atoms with Crippen molar-refractivity contribution >= 4 is 21.6 Å². The van der Waals surface area contributed by atoms with Crippen LogP contribution in [0.25, 0.3) is 0 Å². The van der Waals surface area contributed by atoms with Gasteiger partial charge in [-0.25, -0.2) is 4.21 Å². The zero-order valence-corrected chi connectivity index (χ0v) is 9.02. The molecule has 0 saturated carbocycles. The molecule has 0 amide bonds. The van der Waals surface area contributed by atoms with Crippen LogP contribution in [0.1, 0.15) is 20.8 Å². The molecule has 0 aliphatic carbocycles. The highest BCUT2D eigenvalue weighted by molar-refractivity contribution is 7.95. The van der Waals surface area contributed by atoms with Gasteiger partial charge in [0.2, 0.25) is 0 Å². The molecule has 0 aromatic heterocycles. The highest BCUT2D eigenvalue weighted by Gasteiger charge is 2.22. The van der Waals surface area contributed by atoms with E-state index in [9.17, 15) is 9.00 Å². The first-order valence-corrected chi connectivity index (χ1v) is 5.73. The minimum absolute atomic E-state index is 0.0606. The molecule has 0 saturated heterocycles. The van der Waals surface area contributed by atoms with Gasteiger partial charge in [0.1, 0.15) is 6.61 Å². The molecule has 0 heterocycles. The Balaban J connectivity index is 3.87. The first-order valence-electron chi connectivity index (χ1n) is 3.87. The van der Waals surface area contributed by atoms with Gasteiger partial charge in [-0.3, -0.25) is 4.79 Å². The maximum absolute atomic E-state index is 11.1. The molecule has 0 rings (SSSR count). The Labute approximate surface area is 79.1 Å². The average molecular weight is 208 g/mol. The SMILES string of the molecule is C=S(=O)(O)CCOC(=O)C(C)(C)C. The number of ether oxygens (including phenoxy) is 1. The molecule has 0 fully saturated rings. The van der Waals surface area contributed by atoms with Gasteiger partial charge in [-0.15, -0.1) is 0 Å². The van der Waals surface area contributed by atoms with Crippen molar-refractivity contribution in [3.63, 3.8) is 0 Å². The van der Waals surface area contributed by atoms with E-state index >= 15 is 0 Å². The van der Waals surface area contributed by atoms with Gasteiger partial charge in [0, 0.05) is 0 Å². The van der Waals surface area contributed by atoms with E-state index in [4.69, 9.17) is 9.29 Å². The number of hydrogen-bond acceptors (Lipinski definition) is 3. The third kappa shape index (κ3) is 6.60. The number of rotatable bonds is 3. The van der Waals surface area contributed by atoms with Gasteiger partial charge in [-0.05, 0) is 26.6 Å². The second-order valence-corrected chi connectivity index (χ2v) is 5.82. The third-order valence-corrected chi connectivity index (χ3v) is 2.05. The van der Waals surface area contributed by atoms with Crippen LogP contribution in [0.3, 0.4) is 0 Å². The smallest absolute Gasteiger partial charge is 0.311 e. The third-order valence-electron chi connectivity index (χ3n) is 1.25. The van der Waals surface area contributed by atoms with E-state index in [2.05, 4.69) is 5.87 Å². The van der Waals surface area contributed by atoms with Crippen LogP contribution in [0.15, 0.2) is 0 Å². The predicted octanol–water partition coefficient (Wildman–Crippen LogP) is 0.765. The van der Waals surface area contributed by atoms with Crippen LogP contribution >= 0.6 is 0 Å². The lowest BCUT2D eigenvalue weighted by Crippen LogP contribution is -2.25. The zero-order chi connectivity index (χ0) is 10.7. The summed E-state index contributed by atoms with van der Waals surface area (Å²) < 4.78 is 24.2. The van der Waals surface area contributed by atoms with Gasteiger partial charge >= 0.3 is 5.97 Å². The van der Waals surface area contributed by atoms with Crippen LogP contribution in [0.4, 0.5) is 0 Å². The molecule has 5 heteroatoms. The van der Waals surface area contributed by atoms with E-state index in [1.54, 1.807) is 20.8 Å². The van der Waals surface area contributed by atoms with Gasteiger partial charge < -0.3 is 9.29 Å². The predicted molar refractivity (Wildman–Crippen MR) is 53.2 cm³/mol. The molecule has 4 nitrogen and oxygen atoms in total. The van der Waals surface area contributed by atoms with Gasteiger partial charge in [-0.1, -0.05) is 0 Å². The fraction of sp³-hybridized carbons (Fsp3) is 0.750. The number of hydrogen-bond donors (Lipinski definition) is 1. The van der Waals surface area contributed by atoms with Crippen molar-refractivity contribution in [2.45, 2.75) is 20.8 Å². The molecule has 1 unspecified atom stereocenters. The Morgan fingerprint density at radius 2 is 2.00 bits per heavy atom. The van der Waals surface area contributed by atoms with E-state index in [1.165, 1.54) is 0 Å². The largest absolute Gasteiger partial charge is 0.464 e. The van der Waals surface area contributed by atoms with Crippen molar-refractivity contribution in [3.8, 4) is 0 Å². The summed E-state index contributed by atoms with van der Waals surface area (Å²) in [4.78, 5) is 11.1. The van der Waals surface area contributed by atoms with E-state index < -0.39 is 15.2 Å². The maximum atomic E-state index is 11.1.